The van der Waals surface area contributed by atoms with Gasteiger partial charge < -0.3 is 19.3 Å². The van der Waals surface area contributed by atoms with E-state index in [4.69, 9.17) is 14.2 Å². The van der Waals surface area contributed by atoms with Gasteiger partial charge in [-0.05, 0) is 42.0 Å². The third-order valence-electron chi connectivity index (χ3n) is 3.60. The Morgan fingerprint density at radius 2 is 1.78 bits per heavy atom. The van der Waals surface area contributed by atoms with E-state index in [1.165, 1.54) is 12.1 Å². The van der Waals surface area contributed by atoms with Gasteiger partial charge in [0.2, 0.25) is 0 Å². The highest BCUT2D eigenvalue weighted by atomic mass is 16.5. The van der Waals surface area contributed by atoms with Crippen molar-refractivity contribution in [1.29, 1.82) is 0 Å². The molecule has 0 bridgehead atoms. The van der Waals surface area contributed by atoms with Crippen LogP contribution in [0.1, 0.15) is 15.9 Å². The lowest BCUT2D eigenvalue weighted by Gasteiger charge is -2.19. The third-order valence-corrected chi connectivity index (χ3v) is 3.60. The van der Waals surface area contributed by atoms with Gasteiger partial charge in [0, 0.05) is 11.6 Å². The van der Waals surface area contributed by atoms with Crippen LogP contribution >= 0.6 is 0 Å². The first-order chi connectivity index (χ1) is 11.1. The second kappa shape index (κ2) is 6.04. The fourth-order valence-corrected chi connectivity index (χ4v) is 2.44. The SMILES string of the molecule is COc1cc(/C=C2\COc3ccc(O)cc3C2=O)cc(OC)c1. The summed E-state index contributed by atoms with van der Waals surface area (Å²) in [5.41, 5.74) is 1.63. The smallest absolute Gasteiger partial charge is 0.196 e. The average Bonchev–Trinajstić information content (AvgIpc) is 2.57. The Morgan fingerprint density at radius 3 is 2.43 bits per heavy atom. The minimum atomic E-state index is -0.163. The van der Waals surface area contributed by atoms with Gasteiger partial charge in [-0.15, -0.1) is 0 Å². The monoisotopic (exact) mass is 312 g/mol. The molecule has 1 aliphatic heterocycles. The Hall–Kier alpha value is -2.95. The Kier molecular flexibility index (Phi) is 3.93. The van der Waals surface area contributed by atoms with Crippen LogP contribution in [0.15, 0.2) is 42.0 Å². The van der Waals surface area contributed by atoms with E-state index in [1.54, 1.807) is 44.6 Å². The average molecular weight is 312 g/mol. The molecule has 0 spiro atoms. The number of hydrogen-bond acceptors (Lipinski definition) is 5. The largest absolute Gasteiger partial charge is 0.508 e. The van der Waals surface area contributed by atoms with Gasteiger partial charge in [-0.25, -0.2) is 0 Å². The lowest BCUT2D eigenvalue weighted by molar-refractivity contribution is 0.100. The molecule has 0 fully saturated rings. The molecule has 0 saturated carbocycles. The maximum Gasteiger partial charge on any atom is 0.196 e. The summed E-state index contributed by atoms with van der Waals surface area (Å²) in [5.74, 6) is 1.62. The minimum Gasteiger partial charge on any atom is -0.508 e. The number of benzene rings is 2. The zero-order chi connectivity index (χ0) is 16.4. The predicted octanol–water partition coefficient (Wildman–Crippen LogP) is 3.07. The zero-order valence-electron chi connectivity index (χ0n) is 12.8. The van der Waals surface area contributed by atoms with Crippen LogP contribution in [-0.4, -0.2) is 31.7 Å². The topological polar surface area (TPSA) is 65.0 Å². The molecule has 2 aromatic carbocycles. The zero-order valence-corrected chi connectivity index (χ0v) is 12.8. The Morgan fingerprint density at radius 1 is 1.09 bits per heavy atom. The highest BCUT2D eigenvalue weighted by Crippen LogP contribution is 2.31. The number of carbonyl (C=O) groups is 1. The molecule has 0 saturated heterocycles. The number of ketones is 1. The van der Waals surface area contributed by atoms with Crippen molar-refractivity contribution in [1.82, 2.24) is 0 Å². The van der Waals surface area contributed by atoms with Gasteiger partial charge in [-0.1, -0.05) is 0 Å². The summed E-state index contributed by atoms with van der Waals surface area (Å²) < 4.78 is 16.0. The first-order valence-corrected chi connectivity index (χ1v) is 7.05. The molecule has 1 heterocycles. The van der Waals surface area contributed by atoms with Crippen molar-refractivity contribution < 1.29 is 24.1 Å². The number of phenolic OH excluding ortho intramolecular Hbond substituents is 1. The molecule has 3 rings (SSSR count). The van der Waals surface area contributed by atoms with Crippen molar-refractivity contribution in [2.24, 2.45) is 0 Å². The summed E-state index contributed by atoms with van der Waals surface area (Å²) in [6.07, 6.45) is 1.74. The molecular formula is C18H16O5. The van der Waals surface area contributed by atoms with E-state index in [-0.39, 0.29) is 18.1 Å². The van der Waals surface area contributed by atoms with E-state index in [9.17, 15) is 9.90 Å². The molecule has 5 heteroatoms. The van der Waals surface area contributed by atoms with E-state index in [0.29, 0.717) is 28.4 Å². The number of hydrogen-bond donors (Lipinski definition) is 1. The summed E-state index contributed by atoms with van der Waals surface area (Å²) in [4.78, 5) is 12.6. The first kappa shape index (κ1) is 15.0. The number of phenols is 1. The third kappa shape index (κ3) is 2.99. The number of methoxy groups -OCH3 is 2. The molecule has 0 unspecified atom stereocenters. The normalized spacial score (nSPS) is 15.0. The van der Waals surface area contributed by atoms with Gasteiger partial charge in [0.15, 0.2) is 5.78 Å². The molecule has 0 aromatic heterocycles. The number of Topliss-reactive ketones (excluding diaryl/α,β-unsaturated/α-hetero) is 1. The van der Waals surface area contributed by atoms with E-state index in [0.717, 1.165) is 5.56 Å². The molecule has 23 heavy (non-hydrogen) atoms. The van der Waals surface area contributed by atoms with Crippen LogP contribution in [0.2, 0.25) is 0 Å². The number of ether oxygens (including phenoxy) is 3. The summed E-state index contributed by atoms with van der Waals surface area (Å²) in [6.45, 7) is 0.177. The molecule has 5 nitrogen and oxygen atoms in total. The van der Waals surface area contributed by atoms with Crippen molar-refractivity contribution in [3.8, 4) is 23.0 Å². The predicted molar refractivity (Wildman–Crippen MR) is 85.5 cm³/mol. The Bertz CT molecular complexity index is 770. The molecule has 0 atom stereocenters. The quantitative estimate of drug-likeness (QED) is 0.882. The molecule has 1 N–H and O–H groups in total. The van der Waals surface area contributed by atoms with E-state index >= 15 is 0 Å². The maximum atomic E-state index is 12.6. The summed E-state index contributed by atoms with van der Waals surface area (Å²) in [5, 5.41) is 9.56. The van der Waals surface area contributed by atoms with Crippen LogP contribution in [-0.2, 0) is 0 Å². The van der Waals surface area contributed by atoms with Crippen LogP contribution in [0.25, 0.3) is 6.08 Å². The van der Waals surface area contributed by atoms with E-state index in [2.05, 4.69) is 0 Å². The molecular weight excluding hydrogens is 296 g/mol. The van der Waals surface area contributed by atoms with Gasteiger partial charge in [0.25, 0.3) is 0 Å². The van der Waals surface area contributed by atoms with Gasteiger partial charge in [-0.2, -0.15) is 0 Å². The highest BCUT2D eigenvalue weighted by Gasteiger charge is 2.23. The lowest BCUT2D eigenvalue weighted by atomic mass is 9.98. The number of aromatic hydroxyl groups is 1. The number of fused-ring (bicyclic) bond motifs is 1. The molecule has 118 valence electrons. The minimum absolute atomic E-state index is 0.0324. The second-order valence-electron chi connectivity index (χ2n) is 5.11. The highest BCUT2D eigenvalue weighted by molar-refractivity contribution is 6.14. The van der Waals surface area contributed by atoms with Crippen LogP contribution in [0.4, 0.5) is 0 Å². The van der Waals surface area contributed by atoms with E-state index < -0.39 is 0 Å². The van der Waals surface area contributed by atoms with E-state index in [1.807, 2.05) is 0 Å². The fourth-order valence-electron chi connectivity index (χ4n) is 2.44. The summed E-state index contributed by atoms with van der Waals surface area (Å²) in [6, 6.07) is 9.87. The van der Waals surface area contributed by atoms with Gasteiger partial charge in [0.1, 0.15) is 29.6 Å². The van der Waals surface area contributed by atoms with Crippen LogP contribution in [0, 0.1) is 0 Å². The van der Waals surface area contributed by atoms with Crippen molar-refractivity contribution >= 4 is 11.9 Å². The van der Waals surface area contributed by atoms with Crippen molar-refractivity contribution in [3.63, 3.8) is 0 Å². The number of carbonyl (C=O) groups excluding carboxylic acids is 1. The van der Waals surface area contributed by atoms with Gasteiger partial charge in [0.05, 0.1) is 19.8 Å². The van der Waals surface area contributed by atoms with Crippen molar-refractivity contribution in [3.05, 3.63) is 53.1 Å². The van der Waals surface area contributed by atoms with Crippen molar-refractivity contribution in [2.45, 2.75) is 0 Å². The van der Waals surface area contributed by atoms with Crippen LogP contribution < -0.4 is 14.2 Å². The lowest BCUT2D eigenvalue weighted by Crippen LogP contribution is -2.18. The molecule has 2 aromatic rings. The molecule has 1 aliphatic rings. The van der Waals surface area contributed by atoms with Crippen LogP contribution in [0.3, 0.4) is 0 Å². The summed E-state index contributed by atoms with van der Waals surface area (Å²) >= 11 is 0. The second-order valence-corrected chi connectivity index (χ2v) is 5.11. The Labute approximate surface area is 133 Å². The maximum absolute atomic E-state index is 12.6. The fraction of sp³-hybridized carbons (Fsp3) is 0.167. The van der Waals surface area contributed by atoms with Crippen LogP contribution in [0.5, 0.6) is 23.0 Å². The first-order valence-electron chi connectivity index (χ1n) is 7.05. The summed E-state index contributed by atoms with van der Waals surface area (Å²) in [7, 11) is 3.14. The molecule has 0 amide bonds. The Balaban J connectivity index is 1.99. The molecule has 0 aliphatic carbocycles. The molecule has 0 radical (unpaired) electrons. The van der Waals surface area contributed by atoms with Crippen molar-refractivity contribution in [2.75, 3.05) is 20.8 Å². The standard InChI is InChI=1S/C18H16O5/c1-21-14-6-11(7-15(9-14)22-2)5-12-10-23-17-4-3-13(19)8-16(17)18(12)20/h3-9,19H,10H2,1-2H3/b12-5+. The number of rotatable bonds is 3. The van der Waals surface area contributed by atoms with Gasteiger partial charge >= 0.3 is 0 Å². The van der Waals surface area contributed by atoms with Gasteiger partial charge in [-0.3, -0.25) is 4.79 Å².